The molecule has 0 heterocycles. The number of aryl methyl sites for hydroxylation is 2. The third kappa shape index (κ3) is 5.99. The lowest BCUT2D eigenvalue weighted by Gasteiger charge is -2.17. The Morgan fingerprint density at radius 1 is 0.622 bits per heavy atom. The van der Waals surface area contributed by atoms with Crippen molar-refractivity contribution in [1.82, 2.24) is 0 Å². The van der Waals surface area contributed by atoms with Crippen LogP contribution in [0.4, 0.5) is 11.4 Å². The van der Waals surface area contributed by atoms with E-state index in [0.29, 0.717) is 11.1 Å². The minimum atomic E-state index is -4.08. The molecule has 0 saturated carbocycles. The standard InChI is InChI=1S/C27H25N3O5S2/c1-19-8-13-23(14-9-19)36(32,33)29-25-17-12-22(27(28-31)21-6-4-3-5-7-21)18-26(25)30-37(34,35)24-15-10-20(2)11-16-24/h3-18,29-31H,1-2H3. The molecule has 8 nitrogen and oxygen atoms in total. The first kappa shape index (κ1) is 25.9. The molecule has 0 fully saturated rings. The molecule has 4 aromatic carbocycles. The summed E-state index contributed by atoms with van der Waals surface area (Å²) in [4.78, 5) is 0.0337. The highest BCUT2D eigenvalue weighted by Crippen LogP contribution is 2.30. The molecule has 0 aliphatic heterocycles. The van der Waals surface area contributed by atoms with E-state index in [2.05, 4.69) is 14.6 Å². The average molecular weight is 536 g/mol. The molecule has 0 atom stereocenters. The Labute approximate surface area is 216 Å². The lowest BCUT2D eigenvalue weighted by atomic mass is 10.0. The van der Waals surface area contributed by atoms with Gasteiger partial charge in [0.15, 0.2) is 0 Å². The average Bonchev–Trinajstić information content (AvgIpc) is 2.87. The largest absolute Gasteiger partial charge is 0.410 e. The van der Waals surface area contributed by atoms with E-state index < -0.39 is 20.0 Å². The number of benzene rings is 4. The Hall–Kier alpha value is -4.15. The molecule has 0 aliphatic carbocycles. The van der Waals surface area contributed by atoms with Crippen molar-refractivity contribution >= 4 is 37.1 Å². The van der Waals surface area contributed by atoms with Gasteiger partial charge in [-0.05, 0) is 50.2 Å². The Morgan fingerprint density at radius 2 is 1.11 bits per heavy atom. The molecule has 190 valence electrons. The molecule has 4 aromatic rings. The Morgan fingerprint density at radius 3 is 1.59 bits per heavy atom. The van der Waals surface area contributed by atoms with Crippen molar-refractivity contribution in [2.24, 2.45) is 5.16 Å². The van der Waals surface area contributed by atoms with E-state index in [4.69, 9.17) is 0 Å². The number of sulfonamides is 2. The van der Waals surface area contributed by atoms with Gasteiger partial charge in [-0.25, -0.2) is 16.8 Å². The molecule has 0 aliphatic rings. The zero-order valence-electron chi connectivity index (χ0n) is 20.1. The highest BCUT2D eigenvalue weighted by atomic mass is 32.2. The minimum Gasteiger partial charge on any atom is -0.410 e. The SMILES string of the molecule is Cc1ccc(S(=O)(=O)Nc2ccc(C(=NO)c3ccccc3)cc2NS(=O)(=O)c2ccc(C)cc2)cc1. The first-order chi connectivity index (χ1) is 17.6. The summed E-state index contributed by atoms with van der Waals surface area (Å²) in [5.74, 6) is 0. The molecule has 0 amide bonds. The third-order valence-electron chi connectivity index (χ3n) is 5.59. The van der Waals surface area contributed by atoms with Gasteiger partial charge in [0.25, 0.3) is 20.0 Å². The van der Waals surface area contributed by atoms with Crippen molar-refractivity contribution in [1.29, 1.82) is 0 Å². The molecule has 37 heavy (non-hydrogen) atoms. The maximum Gasteiger partial charge on any atom is 0.261 e. The maximum absolute atomic E-state index is 13.2. The molecule has 4 rings (SSSR count). The number of anilines is 2. The summed E-state index contributed by atoms with van der Waals surface area (Å²) in [6.45, 7) is 3.68. The molecule has 0 bridgehead atoms. The van der Waals surface area contributed by atoms with Crippen molar-refractivity contribution in [3.8, 4) is 0 Å². The zero-order chi connectivity index (χ0) is 26.6. The number of hydrogen-bond acceptors (Lipinski definition) is 6. The molecule has 10 heteroatoms. The fraction of sp³-hybridized carbons (Fsp3) is 0.0741. The fourth-order valence-corrected chi connectivity index (χ4v) is 5.74. The topological polar surface area (TPSA) is 125 Å². The first-order valence-corrected chi connectivity index (χ1v) is 14.2. The van der Waals surface area contributed by atoms with Crippen molar-refractivity contribution in [2.45, 2.75) is 23.6 Å². The van der Waals surface area contributed by atoms with Crippen LogP contribution in [-0.2, 0) is 20.0 Å². The molecular formula is C27H25N3O5S2. The predicted molar refractivity (Wildman–Crippen MR) is 144 cm³/mol. The highest BCUT2D eigenvalue weighted by Gasteiger charge is 2.21. The second-order valence-electron chi connectivity index (χ2n) is 8.41. The summed E-state index contributed by atoms with van der Waals surface area (Å²) >= 11 is 0. The van der Waals surface area contributed by atoms with Crippen LogP contribution < -0.4 is 9.44 Å². The number of nitrogens with zero attached hydrogens (tertiary/aromatic N) is 1. The second-order valence-corrected chi connectivity index (χ2v) is 11.8. The van der Waals surface area contributed by atoms with Crippen LogP contribution in [0.2, 0.25) is 0 Å². The molecular weight excluding hydrogens is 510 g/mol. The highest BCUT2D eigenvalue weighted by molar-refractivity contribution is 7.93. The van der Waals surface area contributed by atoms with Crippen LogP contribution >= 0.6 is 0 Å². The number of hydrogen-bond donors (Lipinski definition) is 3. The summed E-state index contributed by atoms with van der Waals surface area (Å²) in [5.41, 5.74) is 2.89. The van der Waals surface area contributed by atoms with Gasteiger partial charge in [0.2, 0.25) is 0 Å². The Bertz CT molecular complexity index is 1650. The van der Waals surface area contributed by atoms with Gasteiger partial charge in [0.1, 0.15) is 5.71 Å². The Kier molecular flexibility index (Phi) is 7.33. The molecule has 0 saturated heterocycles. The lowest BCUT2D eigenvalue weighted by molar-refractivity contribution is 0.319. The van der Waals surface area contributed by atoms with Crippen LogP contribution in [0.5, 0.6) is 0 Å². The Balaban J connectivity index is 1.79. The molecule has 0 spiro atoms. The zero-order valence-corrected chi connectivity index (χ0v) is 21.7. The van der Waals surface area contributed by atoms with Crippen LogP contribution in [0.25, 0.3) is 0 Å². The van der Waals surface area contributed by atoms with Gasteiger partial charge in [-0.3, -0.25) is 9.44 Å². The summed E-state index contributed by atoms with van der Waals surface area (Å²) in [5, 5.41) is 13.1. The van der Waals surface area contributed by atoms with E-state index in [-0.39, 0.29) is 26.9 Å². The van der Waals surface area contributed by atoms with Crippen molar-refractivity contribution in [3.05, 3.63) is 119 Å². The summed E-state index contributed by atoms with van der Waals surface area (Å²) < 4.78 is 57.5. The van der Waals surface area contributed by atoms with Crippen LogP contribution in [0.3, 0.4) is 0 Å². The van der Waals surface area contributed by atoms with Gasteiger partial charge < -0.3 is 5.21 Å². The molecule has 0 unspecified atom stereocenters. The monoisotopic (exact) mass is 535 g/mol. The van der Waals surface area contributed by atoms with Gasteiger partial charge >= 0.3 is 0 Å². The number of rotatable bonds is 8. The predicted octanol–water partition coefficient (Wildman–Crippen LogP) is 5.13. The van der Waals surface area contributed by atoms with Gasteiger partial charge in [-0.15, -0.1) is 0 Å². The normalized spacial score (nSPS) is 12.2. The van der Waals surface area contributed by atoms with Crippen LogP contribution in [0.15, 0.2) is 112 Å². The van der Waals surface area contributed by atoms with Crippen LogP contribution in [0.1, 0.15) is 22.3 Å². The van der Waals surface area contributed by atoms with Gasteiger partial charge in [-0.2, -0.15) is 0 Å². The first-order valence-electron chi connectivity index (χ1n) is 11.2. The summed E-state index contributed by atoms with van der Waals surface area (Å²) in [6.07, 6.45) is 0. The van der Waals surface area contributed by atoms with Crippen LogP contribution in [-0.4, -0.2) is 27.8 Å². The minimum absolute atomic E-state index is 0.00497. The lowest BCUT2D eigenvalue weighted by Crippen LogP contribution is -2.18. The van der Waals surface area contributed by atoms with Gasteiger partial charge in [0, 0.05) is 11.1 Å². The fourth-order valence-electron chi connectivity index (χ4n) is 3.59. The van der Waals surface area contributed by atoms with Crippen molar-refractivity contribution < 1.29 is 22.0 Å². The van der Waals surface area contributed by atoms with E-state index in [1.807, 2.05) is 19.9 Å². The second kappa shape index (κ2) is 10.5. The third-order valence-corrected chi connectivity index (χ3v) is 8.35. The maximum atomic E-state index is 13.2. The smallest absolute Gasteiger partial charge is 0.261 e. The summed E-state index contributed by atoms with van der Waals surface area (Å²) in [6, 6.07) is 25.7. The van der Waals surface area contributed by atoms with E-state index in [1.54, 1.807) is 54.6 Å². The van der Waals surface area contributed by atoms with E-state index >= 15 is 0 Å². The van der Waals surface area contributed by atoms with E-state index in [9.17, 15) is 22.0 Å². The molecule has 0 radical (unpaired) electrons. The van der Waals surface area contributed by atoms with Crippen LogP contribution in [0, 0.1) is 13.8 Å². The van der Waals surface area contributed by atoms with E-state index in [0.717, 1.165) is 11.1 Å². The van der Waals surface area contributed by atoms with Gasteiger partial charge in [0.05, 0.1) is 21.2 Å². The molecule has 0 aromatic heterocycles. The van der Waals surface area contributed by atoms with Crippen molar-refractivity contribution in [3.63, 3.8) is 0 Å². The van der Waals surface area contributed by atoms with E-state index in [1.165, 1.54) is 36.4 Å². The summed E-state index contributed by atoms with van der Waals surface area (Å²) in [7, 11) is -8.11. The quantitative estimate of drug-likeness (QED) is 0.164. The van der Waals surface area contributed by atoms with Crippen molar-refractivity contribution in [2.75, 3.05) is 9.44 Å². The van der Waals surface area contributed by atoms with Gasteiger partial charge in [-0.1, -0.05) is 76.9 Å². The number of nitrogens with one attached hydrogen (secondary N) is 2. The number of oxime groups is 1. The molecule has 3 N–H and O–H groups in total.